The second-order valence-corrected chi connectivity index (χ2v) is 9.78. The van der Waals surface area contributed by atoms with Gasteiger partial charge in [0, 0.05) is 0 Å². The highest BCUT2D eigenvalue weighted by atomic mass is 16.8. The summed E-state index contributed by atoms with van der Waals surface area (Å²) in [4.78, 5) is 13.0. The number of esters is 1. The molecule has 3 aliphatic heterocycles. The van der Waals surface area contributed by atoms with Gasteiger partial charge in [-0.05, 0) is 40.2 Å². The number of benzene rings is 1. The zero-order chi connectivity index (χ0) is 24.7. The minimum absolute atomic E-state index is 0.121. The molecule has 9 nitrogen and oxygen atoms in total. The number of carbonyl (C=O) groups is 1. The Morgan fingerprint density at radius 2 is 1.82 bits per heavy atom. The monoisotopic (exact) mass is 478 g/mol. The van der Waals surface area contributed by atoms with Crippen LogP contribution in [0.5, 0.6) is 0 Å². The van der Waals surface area contributed by atoms with E-state index in [0.29, 0.717) is 6.61 Å². The number of hydrogen-bond donors (Lipinski definition) is 1. The number of rotatable bonds is 8. The molecule has 0 unspecified atom stereocenters. The molecule has 4 rings (SSSR count). The van der Waals surface area contributed by atoms with Crippen molar-refractivity contribution in [3.05, 3.63) is 48.0 Å². The minimum Gasteiger partial charge on any atom is -0.453 e. The van der Waals surface area contributed by atoms with Gasteiger partial charge in [0.15, 0.2) is 30.1 Å². The zero-order valence-electron chi connectivity index (χ0n) is 20.3. The summed E-state index contributed by atoms with van der Waals surface area (Å²) in [6.45, 7) is 13.1. The summed E-state index contributed by atoms with van der Waals surface area (Å²) in [5, 5.41) is 10.7. The van der Waals surface area contributed by atoms with Gasteiger partial charge in [-0.1, -0.05) is 36.9 Å². The van der Waals surface area contributed by atoms with E-state index in [2.05, 4.69) is 6.58 Å². The van der Waals surface area contributed by atoms with Crippen LogP contribution in [0.4, 0.5) is 0 Å². The molecule has 1 aromatic rings. The van der Waals surface area contributed by atoms with Crippen LogP contribution in [0, 0.1) is 0 Å². The van der Waals surface area contributed by atoms with E-state index in [1.165, 1.54) is 0 Å². The maximum atomic E-state index is 13.0. The van der Waals surface area contributed by atoms with Crippen LogP contribution in [-0.2, 0) is 44.6 Å². The Bertz CT molecular complexity index is 884. The Hall–Kier alpha value is -1.85. The summed E-state index contributed by atoms with van der Waals surface area (Å²) in [5.74, 6) is -2.45. The van der Waals surface area contributed by atoms with Crippen molar-refractivity contribution in [3.8, 4) is 0 Å². The first-order valence-corrected chi connectivity index (χ1v) is 11.5. The smallest absolute Gasteiger partial charge is 0.336 e. The van der Waals surface area contributed by atoms with Crippen LogP contribution in [0.2, 0.25) is 0 Å². The predicted molar refractivity (Wildman–Crippen MR) is 119 cm³/mol. The van der Waals surface area contributed by atoms with Gasteiger partial charge in [-0.15, -0.1) is 0 Å². The van der Waals surface area contributed by atoms with Crippen molar-refractivity contribution < 1.29 is 43.1 Å². The Morgan fingerprint density at radius 1 is 1.12 bits per heavy atom. The molecule has 0 amide bonds. The van der Waals surface area contributed by atoms with E-state index >= 15 is 0 Å². The molecule has 3 saturated heterocycles. The second kappa shape index (κ2) is 9.66. The largest absolute Gasteiger partial charge is 0.453 e. The summed E-state index contributed by atoms with van der Waals surface area (Å²) >= 11 is 0. The van der Waals surface area contributed by atoms with Gasteiger partial charge in [-0.2, -0.15) is 0 Å². The summed E-state index contributed by atoms with van der Waals surface area (Å²) in [6, 6.07) is 9.55. The van der Waals surface area contributed by atoms with Crippen molar-refractivity contribution in [1.29, 1.82) is 0 Å². The topological polar surface area (TPSA) is 102 Å². The molecule has 3 heterocycles. The normalized spacial score (nSPS) is 33.3. The van der Waals surface area contributed by atoms with Crippen molar-refractivity contribution in [2.45, 2.75) is 95.7 Å². The lowest BCUT2D eigenvalue weighted by Gasteiger charge is -2.29. The van der Waals surface area contributed by atoms with Crippen LogP contribution < -0.4 is 0 Å². The van der Waals surface area contributed by atoms with Gasteiger partial charge in [-0.3, -0.25) is 0 Å². The van der Waals surface area contributed by atoms with Gasteiger partial charge in [-0.25, -0.2) is 4.79 Å². The third-order valence-electron chi connectivity index (χ3n) is 6.09. The van der Waals surface area contributed by atoms with Crippen molar-refractivity contribution in [3.63, 3.8) is 0 Å². The number of ether oxygens (including phenoxy) is 7. The van der Waals surface area contributed by atoms with Crippen LogP contribution >= 0.6 is 0 Å². The van der Waals surface area contributed by atoms with Crippen LogP contribution in [-0.4, -0.2) is 72.2 Å². The van der Waals surface area contributed by atoms with Gasteiger partial charge in [0.05, 0.1) is 24.9 Å². The molecule has 1 N–H and O–H groups in total. The molecule has 34 heavy (non-hydrogen) atoms. The van der Waals surface area contributed by atoms with Gasteiger partial charge in [0.1, 0.15) is 18.3 Å². The highest BCUT2D eigenvalue weighted by molar-refractivity contribution is 5.89. The number of aliphatic hydroxyl groups excluding tert-OH is 1. The van der Waals surface area contributed by atoms with E-state index in [-0.39, 0.29) is 12.2 Å². The molecule has 1 aromatic carbocycles. The SMILES string of the molecule is C=C(C(=O)O[C@@H]1[C@H]2OC(C)(C)O[C@H]2O[C@@H]1[C@H]1COC(C)(C)O1)[C@@H](O)[C@H](C)OCc1ccccc1. The van der Waals surface area contributed by atoms with Gasteiger partial charge < -0.3 is 38.3 Å². The fourth-order valence-electron chi connectivity index (χ4n) is 4.31. The van der Waals surface area contributed by atoms with E-state index in [1.807, 2.05) is 30.3 Å². The maximum Gasteiger partial charge on any atom is 0.336 e. The maximum absolute atomic E-state index is 13.0. The third-order valence-corrected chi connectivity index (χ3v) is 6.09. The second-order valence-electron chi connectivity index (χ2n) is 9.78. The molecule has 0 bridgehead atoms. The Kier molecular flexibility index (Phi) is 7.17. The highest BCUT2D eigenvalue weighted by Gasteiger charge is 2.60. The van der Waals surface area contributed by atoms with Crippen LogP contribution in [0.25, 0.3) is 0 Å². The molecule has 0 aliphatic carbocycles. The number of aliphatic hydroxyl groups is 1. The molecule has 0 spiro atoms. The first-order valence-electron chi connectivity index (χ1n) is 11.5. The van der Waals surface area contributed by atoms with Crippen molar-refractivity contribution in [1.82, 2.24) is 0 Å². The molecule has 9 heteroatoms. The Labute approximate surface area is 199 Å². The van der Waals surface area contributed by atoms with Gasteiger partial charge >= 0.3 is 5.97 Å². The average Bonchev–Trinajstić information content (AvgIpc) is 3.40. The molecule has 0 saturated carbocycles. The summed E-state index contributed by atoms with van der Waals surface area (Å²) in [7, 11) is 0. The summed E-state index contributed by atoms with van der Waals surface area (Å²) < 4.78 is 40.9. The van der Waals surface area contributed by atoms with Gasteiger partial charge in [0.2, 0.25) is 0 Å². The van der Waals surface area contributed by atoms with E-state index in [4.69, 9.17) is 33.2 Å². The highest BCUT2D eigenvalue weighted by Crippen LogP contribution is 2.42. The molecule has 7 atom stereocenters. The van der Waals surface area contributed by atoms with E-state index in [1.54, 1.807) is 34.6 Å². The fourth-order valence-corrected chi connectivity index (χ4v) is 4.31. The Balaban J connectivity index is 1.40. The number of hydrogen-bond acceptors (Lipinski definition) is 9. The molecular formula is C25H34O9. The van der Waals surface area contributed by atoms with E-state index in [0.717, 1.165) is 5.56 Å². The van der Waals surface area contributed by atoms with Crippen LogP contribution in [0.3, 0.4) is 0 Å². The van der Waals surface area contributed by atoms with E-state index < -0.39 is 60.5 Å². The van der Waals surface area contributed by atoms with Crippen LogP contribution in [0.15, 0.2) is 42.5 Å². The van der Waals surface area contributed by atoms with E-state index in [9.17, 15) is 9.90 Å². The lowest BCUT2D eigenvalue weighted by molar-refractivity contribution is -0.235. The number of fused-ring (bicyclic) bond motifs is 1. The quantitative estimate of drug-likeness (QED) is 0.446. The molecular weight excluding hydrogens is 444 g/mol. The fraction of sp³-hybridized carbons (Fsp3) is 0.640. The molecule has 3 aliphatic rings. The van der Waals surface area contributed by atoms with Crippen molar-refractivity contribution in [2.75, 3.05) is 6.61 Å². The standard InChI is InChI=1S/C25H34O9/c1-14(18(26)15(2)28-12-16-10-8-7-9-11-16)22(27)30-20-19(17-13-29-24(3,4)32-17)31-23-21(20)33-25(5,6)34-23/h7-11,15,17-21,23,26H,1,12-13H2,2-6H3/t15-,17+,18+,19+,20-,21+,23+/m0/s1. The summed E-state index contributed by atoms with van der Waals surface area (Å²) in [6.07, 6.45) is -5.32. The molecule has 0 aromatic heterocycles. The van der Waals surface area contributed by atoms with Gasteiger partial charge in [0.25, 0.3) is 0 Å². The first kappa shape index (κ1) is 25.2. The molecule has 0 radical (unpaired) electrons. The van der Waals surface area contributed by atoms with Crippen molar-refractivity contribution in [2.24, 2.45) is 0 Å². The predicted octanol–water partition coefficient (Wildman–Crippen LogP) is 2.45. The lowest BCUT2D eigenvalue weighted by atomic mass is 10.0. The van der Waals surface area contributed by atoms with Crippen molar-refractivity contribution >= 4 is 5.97 Å². The molecule has 188 valence electrons. The average molecular weight is 479 g/mol. The Morgan fingerprint density at radius 3 is 2.47 bits per heavy atom. The lowest BCUT2D eigenvalue weighted by Crippen LogP contribution is -2.46. The minimum atomic E-state index is -1.25. The number of carbonyl (C=O) groups excluding carboxylic acids is 1. The third kappa shape index (κ3) is 5.52. The van der Waals surface area contributed by atoms with Crippen LogP contribution in [0.1, 0.15) is 40.2 Å². The zero-order valence-corrected chi connectivity index (χ0v) is 20.3. The first-order chi connectivity index (χ1) is 16.0. The molecule has 3 fully saturated rings. The summed E-state index contributed by atoms with van der Waals surface area (Å²) in [5.41, 5.74) is 0.833.